The number of hydrogen-bond donors (Lipinski definition) is 3. The Kier molecular flexibility index (Phi) is 6.90. The molecule has 1 unspecified atom stereocenters. The summed E-state index contributed by atoms with van der Waals surface area (Å²) in [6.07, 6.45) is 0. The normalized spacial score (nSPS) is 12.8. The Bertz CT molecular complexity index is 836. The van der Waals surface area contributed by atoms with Gasteiger partial charge in [0.05, 0.1) is 10.8 Å². The van der Waals surface area contributed by atoms with Gasteiger partial charge in [-0.15, -0.1) is 0 Å². The van der Waals surface area contributed by atoms with Gasteiger partial charge in [-0.3, -0.25) is 4.79 Å². The smallest absolute Gasteiger partial charge is 0.240 e. The van der Waals surface area contributed by atoms with Crippen molar-refractivity contribution in [3.05, 3.63) is 60.2 Å². The van der Waals surface area contributed by atoms with E-state index in [2.05, 4.69) is 10.0 Å². The van der Waals surface area contributed by atoms with Crippen LogP contribution >= 0.6 is 0 Å². The molecule has 2 aromatic carbocycles. The summed E-state index contributed by atoms with van der Waals surface area (Å²) >= 11 is 0. The van der Waals surface area contributed by atoms with Gasteiger partial charge in [0.25, 0.3) is 0 Å². The standard InChI is InChI=1S/C19H25N3O3S/c1-14(2)18(15-7-4-3-5-8-15)19(23)22-16-9-6-10-17(13-16)26(24,25)21-12-11-20/h3-10,13-14,18,21H,11-12,20H2,1-2H3,(H,22,23). The number of carbonyl (C=O) groups excluding carboxylic acids is 1. The lowest BCUT2D eigenvalue weighted by molar-refractivity contribution is -0.118. The minimum atomic E-state index is -3.65. The van der Waals surface area contributed by atoms with Gasteiger partial charge in [-0.2, -0.15) is 0 Å². The Morgan fingerprint density at radius 3 is 2.38 bits per heavy atom. The van der Waals surface area contributed by atoms with Crippen LogP contribution < -0.4 is 15.8 Å². The Morgan fingerprint density at radius 1 is 1.08 bits per heavy atom. The van der Waals surface area contributed by atoms with Crippen molar-refractivity contribution in [1.82, 2.24) is 4.72 Å². The highest BCUT2D eigenvalue weighted by atomic mass is 32.2. The molecule has 0 saturated carbocycles. The first-order valence-corrected chi connectivity index (χ1v) is 9.99. The van der Waals surface area contributed by atoms with E-state index in [0.717, 1.165) is 5.56 Å². The third-order valence-corrected chi connectivity index (χ3v) is 5.41. The molecule has 0 aromatic heterocycles. The maximum atomic E-state index is 12.8. The molecule has 0 fully saturated rings. The van der Waals surface area contributed by atoms with Crippen LogP contribution in [0, 0.1) is 5.92 Å². The zero-order valence-corrected chi connectivity index (χ0v) is 15.8. The van der Waals surface area contributed by atoms with Crippen molar-refractivity contribution in [2.24, 2.45) is 11.7 Å². The first-order valence-electron chi connectivity index (χ1n) is 8.50. The van der Waals surface area contributed by atoms with E-state index < -0.39 is 10.0 Å². The second kappa shape index (κ2) is 8.93. The van der Waals surface area contributed by atoms with E-state index in [1.165, 1.54) is 12.1 Å². The van der Waals surface area contributed by atoms with Gasteiger partial charge in [-0.1, -0.05) is 50.2 Å². The van der Waals surface area contributed by atoms with Gasteiger partial charge >= 0.3 is 0 Å². The van der Waals surface area contributed by atoms with Crippen LogP contribution in [0.2, 0.25) is 0 Å². The minimum absolute atomic E-state index is 0.0876. The fourth-order valence-corrected chi connectivity index (χ4v) is 3.83. The number of benzene rings is 2. The van der Waals surface area contributed by atoms with Gasteiger partial charge in [0.1, 0.15) is 0 Å². The lowest BCUT2D eigenvalue weighted by Gasteiger charge is -2.21. The van der Waals surface area contributed by atoms with Gasteiger partial charge in [-0.25, -0.2) is 13.1 Å². The molecule has 26 heavy (non-hydrogen) atoms. The number of sulfonamides is 1. The first kappa shape index (κ1) is 20.1. The molecule has 0 heterocycles. The van der Waals surface area contributed by atoms with E-state index in [4.69, 9.17) is 5.73 Å². The Hall–Kier alpha value is -2.22. The summed E-state index contributed by atoms with van der Waals surface area (Å²) < 4.78 is 26.8. The monoisotopic (exact) mass is 375 g/mol. The van der Waals surface area contributed by atoms with E-state index in [9.17, 15) is 13.2 Å². The van der Waals surface area contributed by atoms with Crippen LogP contribution in [0.25, 0.3) is 0 Å². The fraction of sp³-hybridized carbons (Fsp3) is 0.316. The quantitative estimate of drug-likeness (QED) is 0.659. The number of hydrogen-bond acceptors (Lipinski definition) is 4. The first-order chi connectivity index (χ1) is 12.3. The SMILES string of the molecule is CC(C)C(C(=O)Nc1cccc(S(=O)(=O)NCCN)c1)c1ccccc1. The second-order valence-electron chi connectivity index (χ2n) is 6.34. The summed E-state index contributed by atoms with van der Waals surface area (Å²) in [5.74, 6) is -0.405. The molecule has 7 heteroatoms. The van der Waals surface area contributed by atoms with Gasteiger partial charge < -0.3 is 11.1 Å². The number of rotatable bonds is 8. The molecule has 0 aliphatic rings. The number of nitrogens with one attached hydrogen (secondary N) is 2. The van der Waals surface area contributed by atoms with Crippen LogP contribution in [-0.4, -0.2) is 27.4 Å². The molecule has 0 radical (unpaired) electrons. The summed E-state index contributed by atoms with van der Waals surface area (Å²) in [5, 5.41) is 2.83. The maximum Gasteiger partial charge on any atom is 0.240 e. The molecule has 2 aromatic rings. The molecule has 1 atom stereocenters. The molecule has 2 rings (SSSR count). The van der Waals surface area contributed by atoms with Crippen molar-refractivity contribution < 1.29 is 13.2 Å². The lowest BCUT2D eigenvalue weighted by Crippen LogP contribution is -2.29. The third kappa shape index (κ3) is 5.14. The fourth-order valence-electron chi connectivity index (χ4n) is 2.74. The van der Waals surface area contributed by atoms with Crippen LogP contribution in [-0.2, 0) is 14.8 Å². The van der Waals surface area contributed by atoms with E-state index in [1.807, 2.05) is 44.2 Å². The van der Waals surface area contributed by atoms with Crippen LogP contribution in [0.1, 0.15) is 25.3 Å². The Balaban J connectivity index is 2.22. The van der Waals surface area contributed by atoms with Crippen LogP contribution in [0.5, 0.6) is 0 Å². The molecule has 1 amide bonds. The topological polar surface area (TPSA) is 101 Å². The number of amides is 1. The number of anilines is 1. The molecular formula is C19H25N3O3S. The molecule has 0 saturated heterocycles. The number of carbonyl (C=O) groups is 1. The lowest BCUT2D eigenvalue weighted by atomic mass is 9.87. The second-order valence-corrected chi connectivity index (χ2v) is 8.10. The summed E-state index contributed by atoms with van der Waals surface area (Å²) in [4.78, 5) is 12.9. The predicted octanol–water partition coefficient (Wildman–Crippen LogP) is 2.30. The summed E-state index contributed by atoms with van der Waals surface area (Å²) in [6.45, 7) is 4.33. The summed E-state index contributed by atoms with van der Waals surface area (Å²) in [7, 11) is -3.65. The van der Waals surface area contributed by atoms with Crippen molar-refractivity contribution in [1.29, 1.82) is 0 Å². The molecule has 6 nitrogen and oxygen atoms in total. The van der Waals surface area contributed by atoms with Gasteiger partial charge in [0.15, 0.2) is 0 Å². The van der Waals surface area contributed by atoms with Gasteiger partial charge in [0.2, 0.25) is 15.9 Å². The van der Waals surface area contributed by atoms with Crippen molar-refractivity contribution >= 4 is 21.6 Å². The molecule has 0 aliphatic carbocycles. The largest absolute Gasteiger partial charge is 0.329 e. The molecule has 140 valence electrons. The van der Waals surface area contributed by atoms with Crippen molar-refractivity contribution in [3.8, 4) is 0 Å². The zero-order valence-electron chi connectivity index (χ0n) is 15.0. The van der Waals surface area contributed by atoms with Crippen LogP contribution in [0.4, 0.5) is 5.69 Å². The van der Waals surface area contributed by atoms with Crippen LogP contribution in [0.15, 0.2) is 59.5 Å². The third-order valence-electron chi connectivity index (χ3n) is 3.96. The Morgan fingerprint density at radius 2 is 1.77 bits per heavy atom. The molecule has 4 N–H and O–H groups in total. The summed E-state index contributed by atoms with van der Waals surface area (Å²) in [5.41, 5.74) is 6.70. The molecule has 0 spiro atoms. The van der Waals surface area contributed by atoms with Crippen LogP contribution in [0.3, 0.4) is 0 Å². The average molecular weight is 375 g/mol. The molecule has 0 aliphatic heterocycles. The number of nitrogens with two attached hydrogens (primary N) is 1. The van der Waals surface area contributed by atoms with Gasteiger partial charge in [-0.05, 0) is 29.7 Å². The summed E-state index contributed by atoms with van der Waals surface area (Å²) in [6, 6.07) is 15.7. The van der Waals surface area contributed by atoms with E-state index >= 15 is 0 Å². The van der Waals surface area contributed by atoms with Crippen molar-refractivity contribution in [2.45, 2.75) is 24.7 Å². The highest BCUT2D eigenvalue weighted by Crippen LogP contribution is 2.26. The predicted molar refractivity (Wildman–Crippen MR) is 103 cm³/mol. The highest BCUT2D eigenvalue weighted by molar-refractivity contribution is 7.89. The average Bonchev–Trinajstić information content (AvgIpc) is 2.61. The van der Waals surface area contributed by atoms with Gasteiger partial charge in [0, 0.05) is 18.8 Å². The van der Waals surface area contributed by atoms with Crippen molar-refractivity contribution in [2.75, 3.05) is 18.4 Å². The van der Waals surface area contributed by atoms with E-state index in [1.54, 1.807) is 12.1 Å². The minimum Gasteiger partial charge on any atom is -0.329 e. The Labute approximate surface area is 154 Å². The molecule has 0 bridgehead atoms. The maximum absolute atomic E-state index is 12.8. The van der Waals surface area contributed by atoms with E-state index in [0.29, 0.717) is 5.69 Å². The highest BCUT2D eigenvalue weighted by Gasteiger charge is 2.24. The van der Waals surface area contributed by atoms with Crippen molar-refractivity contribution in [3.63, 3.8) is 0 Å². The molecular weight excluding hydrogens is 350 g/mol. The van der Waals surface area contributed by atoms with E-state index in [-0.39, 0.29) is 35.7 Å². The zero-order chi connectivity index (χ0) is 19.2.